The lowest BCUT2D eigenvalue weighted by molar-refractivity contribution is 0.567. The zero-order valence-electron chi connectivity index (χ0n) is 14.0. The Morgan fingerprint density at radius 3 is 2.81 bits per heavy atom. The molecule has 4 rings (SSSR count). The maximum absolute atomic E-state index is 12.7. The first kappa shape index (κ1) is 17.4. The second kappa shape index (κ2) is 7.32. The van der Waals surface area contributed by atoms with E-state index in [-0.39, 0.29) is 11.6 Å². The molecule has 0 spiro atoms. The highest BCUT2D eigenvalue weighted by atomic mass is 35.5. The number of nitrogens with one attached hydrogen (secondary N) is 2. The third-order valence-corrected chi connectivity index (χ3v) is 6.46. The summed E-state index contributed by atoms with van der Waals surface area (Å²) in [6.45, 7) is 2.60. The molecule has 0 saturated carbocycles. The minimum absolute atomic E-state index is 0.133. The lowest BCUT2D eigenvalue weighted by Gasteiger charge is -2.11. The molecule has 0 bridgehead atoms. The van der Waals surface area contributed by atoms with Gasteiger partial charge >= 0.3 is 0 Å². The van der Waals surface area contributed by atoms with E-state index < -0.39 is 0 Å². The molecule has 3 aromatic heterocycles. The molecule has 0 amide bonds. The number of halogens is 1. The first-order chi connectivity index (χ1) is 12.6. The van der Waals surface area contributed by atoms with Gasteiger partial charge in [-0.05, 0) is 24.4 Å². The van der Waals surface area contributed by atoms with Gasteiger partial charge in [0.1, 0.15) is 10.7 Å². The van der Waals surface area contributed by atoms with Crippen LogP contribution < -0.4 is 10.9 Å². The molecule has 1 atom stereocenters. The van der Waals surface area contributed by atoms with Crippen LogP contribution in [0.2, 0.25) is 5.02 Å². The summed E-state index contributed by atoms with van der Waals surface area (Å²) in [6, 6.07) is 11.9. The quantitative estimate of drug-likeness (QED) is 0.482. The van der Waals surface area contributed by atoms with Gasteiger partial charge < -0.3 is 10.3 Å². The van der Waals surface area contributed by atoms with Crippen molar-refractivity contribution in [3.05, 3.63) is 73.2 Å². The molecule has 7 heteroatoms. The Balaban J connectivity index is 1.64. The summed E-state index contributed by atoms with van der Waals surface area (Å²) in [5.41, 5.74) is 1.55. The van der Waals surface area contributed by atoms with Gasteiger partial charge in [0.2, 0.25) is 0 Å². The minimum Gasteiger partial charge on any atom is -0.309 e. The minimum atomic E-state index is -0.133. The van der Waals surface area contributed by atoms with Gasteiger partial charge in [-0.3, -0.25) is 4.79 Å². The van der Waals surface area contributed by atoms with Crippen LogP contribution in [0, 0.1) is 0 Å². The highest BCUT2D eigenvalue weighted by molar-refractivity contribution is 7.17. The zero-order chi connectivity index (χ0) is 18.1. The Morgan fingerprint density at radius 2 is 2.04 bits per heavy atom. The van der Waals surface area contributed by atoms with Crippen LogP contribution in [0.5, 0.6) is 0 Å². The Hall–Kier alpha value is -1.99. The first-order valence-corrected chi connectivity index (χ1v) is 10.3. The standard InChI is InChI=1S/C19H16ClN3OS2/c1-11(15-7-4-8-25-15)21-9-16-22-18(24)17-13(10-26-19(17)23-16)12-5-2-3-6-14(12)20/h2-8,10-11,21H,9H2,1H3,(H,22,23,24)/t11-/m0/s1. The molecule has 2 N–H and O–H groups in total. The maximum atomic E-state index is 12.7. The smallest absolute Gasteiger partial charge is 0.260 e. The largest absolute Gasteiger partial charge is 0.309 e. The number of benzene rings is 1. The van der Waals surface area contributed by atoms with Crippen LogP contribution in [0.15, 0.2) is 52.0 Å². The third-order valence-electron chi connectivity index (χ3n) is 4.20. The van der Waals surface area contributed by atoms with Gasteiger partial charge in [-0.2, -0.15) is 0 Å². The third kappa shape index (κ3) is 3.33. The summed E-state index contributed by atoms with van der Waals surface area (Å²) in [7, 11) is 0. The van der Waals surface area contributed by atoms with Gasteiger partial charge in [0.05, 0.1) is 11.9 Å². The van der Waals surface area contributed by atoms with Gasteiger partial charge in [0.15, 0.2) is 0 Å². The first-order valence-electron chi connectivity index (χ1n) is 8.15. The van der Waals surface area contributed by atoms with E-state index in [1.807, 2.05) is 35.7 Å². The van der Waals surface area contributed by atoms with Crippen molar-refractivity contribution in [2.24, 2.45) is 0 Å². The predicted molar refractivity (Wildman–Crippen MR) is 110 cm³/mol. The fraction of sp³-hybridized carbons (Fsp3) is 0.158. The molecule has 0 fully saturated rings. The Labute approximate surface area is 163 Å². The average Bonchev–Trinajstić information content (AvgIpc) is 3.30. The molecular weight excluding hydrogens is 386 g/mol. The highest BCUT2D eigenvalue weighted by Crippen LogP contribution is 2.34. The predicted octanol–water partition coefficient (Wildman–Crippen LogP) is 5.22. The van der Waals surface area contributed by atoms with E-state index in [1.54, 1.807) is 11.3 Å². The van der Waals surface area contributed by atoms with Crippen molar-refractivity contribution in [3.63, 3.8) is 0 Å². The molecule has 3 heterocycles. The number of H-pyrrole nitrogens is 1. The summed E-state index contributed by atoms with van der Waals surface area (Å²) in [5.74, 6) is 0.637. The number of nitrogens with zero attached hydrogens (tertiary/aromatic N) is 1. The number of aromatic amines is 1. The number of rotatable bonds is 5. The molecule has 0 aliphatic rings. The van der Waals surface area contributed by atoms with E-state index in [0.29, 0.717) is 22.8 Å². The Kier molecular flexibility index (Phi) is 4.91. The van der Waals surface area contributed by atoms with Gasteiger partial charge in [0.25, 0.3) is 5.56 Å². The fourth-order valence-electron chi connectivity index (χ4n) is 2.84. The monoisotopic (exact) mass is 401 g/mol. The normalized spacial score (nSPS) is 12.5. The Bertz CT molecular complexity index is 1100. The number of thiophene rings is 2. The van der Waals surface area contributed by atoms with Gasteiger partial charge in [0, 0.05) is 32.4 Å². The average molecular weight is 402 g/mol. The van der Waals surface area contributed by atoms with Crippen LogP contribution >= 0.6 is 34.3 Å². The molecule has 26 heavy (non-hydrogen) atoms. The molecule has 0 aliphatic heterocycles. The lowest BCUT2D eigenvalue weighted by atomic mass is 10.1. The molecule has 4 nitrogen and oxygen atoms in total. The van der Waals surface area contributed by atoms with Crippen LogP contribution in [0.4, 0.5) is 0 Å². The van der Waals surface area contributed by atoms with Crippen molar-refractivity contribution in [2.45, 2.75) is 19.5 Å². The molecule has 0 aliphatic carbocycles. The molecule has 4 aromatic rings. The van der Waals surface area contributed by atoms with E-state index in [9.17, 15) is 4.79 Å². The van der Waals surface area contributed by atoms with Crippen molar-refractivity contribution in [1.29, 1.82) is 0 Å². The maximum Gasteiger partial charge on any atom is 0.260 e. The summed E-state index contributed by atoms with van der Waals surface area (Å²) in [6.07, 6.45) is 0. The second-order valence-corrected chi connectivity index (χ2v) is 8.18. The SMILES string of the molecule is C[C@H](NCc1nc2scc(-c3ccccc3Cl)c2c(=O)[nH]1)c1cccs1. The van der Waals surface area contributed by atoms with E-state index in [1.165, 1.54) is 16.2 Å². The van der Waals surface area contributed by atoms with Crippen molar-refractivity contribution in [2.75, 3.05) is 0 Å². The van der Waals surface area contributed by atoms with Crippen molar-refractivity contribution in [3.8, 4) is 11.1 Å². The van der Waals surface area contributed by atoms with Gasteiger partial charge in [-0.1, -0.05) is 35.9 Å². The van der Waals surface area contributed by atoms with Crippen molar-refractivity contribution < 1.29 is 0 Å². The van der Waals surface area contributed by atoms with Crippen molar-refractivity contribution in [1.82, 2.24) is 15.3 Å². The number of hydrogen-bond acceptors (Lipinski definition) is 5. The zero-order valence-corrected chi connectivity index (χ0v) is 16.3. The highest BCUT2D eigenvalue weighted by Gasteiger charge is 2.15. The second-order valence-electron chi connectivity index (χ2n) is 5.94. The van der Waals surface area contributed by atoms with Crippen LogP contribution in [-0.4, -0.2) is 9.97 Å². The number of hydrogen-bond donors (Lipinski definition) is 2. The summed E-state index contributed by atoms with van der Waals surface area (Å²) >= 11 is 9.47. The van der Waals surface area contributed by atoms with Crippen LogP contribution in [0.1, 0.15) is 23.7 Å². The molecule has 0 saturated heterocycles. The van der Waals surface area contributed by atoms with Crippen molar-refractivity contribution >= 4 is 44.5 Å². The lowest BCUT2D eigenvalue weighted by Crippen LogP contribution is -2.21. The number of aromatic nitrogens is 2. The van der Waals surface area contributed by atoms with Crippen LogP contribution in [-0.2, 0) is 6.54 Å². The van der Waals surface area contributed by atoms with E-state index in [0.717, 1.165) is 16.0 Å². The molecule has 0 radical (unpaired) electrons. The van der Waals surface area contributed by atoms with Gasteiger partial charge in [-0.25, -0.2) is 4.98 Å². The van der Waals surface area contributed by atoms with E-state index in [2.05, 4.69) is 33.7 Å². The molecule has 1 aromatic carbocycles. The summed E-state index contributed by atoms with van der Waals surface area (Å²) < 4.78 is 0. The van der Waals surface area contributed by atoms with E-state index in [4.69, 9.17) is 11.6 Å². The van der Waals surface area contributed by atoms with Crippen LogP contribution in [0.25, 0.3) is 21.3 Å². The molecular formula is C19H16ClN3OS2. The Morgan fingerprint density at radius 1 is 1.19 bits per heavy atom. The number of fused-ring (bicyclic) bond motifs is 1. The summed E-state index contributed by atoms with van der Waals surface area (Å²) in [5, 5.41) is 8.63. The topological polar surface area (TPSA) is 57.8 Å². The molecule has 132 valence electrons. The fourth-order valence-corrected chi connectivity index (χ4v) is 4.80. The molecule has 0 unspecified atom stereocenters. The van der Waals surface area contributed by atoms with Gasteiger partial charge in [-0.15, -0.1) is 22.7 Å². The van der Waals surface area contributed by atoms with Crippen LogP contribution in [0.3, 0.4) is 0 Å². The summed E-state index contributed by atoms with van der Waals surface area (Å²) in [4.78, 5) is 22.2. The van der Waals surface area contributed by atoms with E-state index >= 15 is 0 Å².